The van der Waals surface area contributed by atoms with Crippen LogP contribution in [0, 0.1) is 51.9 Å². The molecule has 0 aliphatic rings. The maximum atomic E-state index is 11.7. The number of nitriles is 4. The molecule has 0 aromatic heterocycles. The van der Waals surface area contributed by atoms with E-state index in [1.54, 1.807) is 97.1 Å². The molecule has 0 unspecified atom stereocenters. The number of carboxylic acids is 4. The highest BCUT2D eigenvalue weighted by molar-refractivity contribution is 5.98. The summed E-state index contributed by atoms with van der Waals surface area (Å²) in [6, 6.07) is 74.8. The lowest BCUT2D eigenvalue weighted by Gasteiger charge is -2.27. The Hall–Kier alpha value is -13.6. The van der Waals surface area contributed by atoms with Gasteiger partial charge in [-0.05, 0) is 190 Å². The third-order valence-electron chi connectivity index (χ3n) is 13.9. The Kier molecular flexibility index (Phi) is 18.7. The van der Waals surface area contributed by atoms with Crippen LogP contribution in [-0.2, 0) is 19.2 Å². The fourth-order valence-corrected chi connectivity index (χ4v) is 9.53. The third-order valence-corrected chi connectivity index (χ3v) is 13.9. The molecule has 16 heteroatoms. The van der Waals surface area contributed by atoms with Gasteiger partial charge in [0.25, 0.3) is 5.70 Å². The van der Waals surface area contributed by atoms with Gasteiger partial charge in [0.2, 0.25) is 0 Å². The van der Waals surface area contributed by atoms with Crippen molar-refractivity contribution in [3.63, 3.8) is 0 Å². The van der Waals surface area contributed by atoms with Crippen molar-refractivity contribution < 1.29 is 39.6 Å². The molecule has 0 aliphatic carbocycles. The highest BCUT2D eigenvalue weighted by Crippen LogP contribution is 2.41. The average molecular weight is 1160 g/mol. The van der Waals surface area contributed by atoms with Crippen molar-refractivity contribution in [2.45, 2.75) is 0 Å². The van der Waals surface area contributed by atoms with E-state index < -0.39 is 46.3 Å². The van der Waals surface area contributed by atoms with E-state index in [2.05, 4.69) is 4.85 Å². The first-order valence-corrected chi connectivity index (χ1v) is 26.9. The minimum Gasteiger partial charge on any atom is -0.486 e. The lowest BCUT2D eigenvalue weighted by atomic mass is 10.0. The molecular weight excluding hydrogens is 1120 g/mol. The van der Waals surface area contributed by atoms with Crippen LogP contribution in [0.1, 0.15) is 27.8 Å². The quantitative estimate of drug-likeness (QED) is 0.0314. The Bertz CT molecular complexity index is 4450. The average Bonchev–Trinajstić information content (AvgIpc) is 2.26. The molecule has 16 nitrogen and oxygen atoms in total. The van der Waals surface area contributed by atoms with Crippen LogP contribution in [0.5, 0.6) is 0 Å². The summed E-state index contributed by atoms with van der Waals surface area (Å²) in [4.78, 5) is 55.6. The van der Waals surface area contributed by atoms with E-state index in [0.29, 0.717) is 33.6 Å². The van der Waals surface area contributed by atoms with Gasteiger partial charge in [0, 0.05) is 57.3 Å². The summed E-state index contributed by atoms with van der Waals surface area (Å²) in [5, 5.41) is 75.1. The molecule has 0 saturated heterocycles. The van der Waals surface area contributed by atoms with Crippen molar-refractivity contribution in [2.24, 2.45) is 0 Å². The van der Waals surface area contributed by atoms with Crippen LogP contribution in [0.2, 0.25) is 0 Å². The highest BCUT2D eigenvalue weighted by Gasteiger charge is 2.19. The van der Waals surface area contributed by atoms with Crippen LogP contribution >= 0.6 is 0 Å². The maximum absolute atomic E-state index is 11.7. The first kappa shape index (κ1) is 60.0. The second-order valence-corrected chi connectivity index (χ2v) is 19.5. The third kappa shape index (κ3) is 14.4. The molecule has 426 valence electrons. The van der Waals surface area contributed by atoms with E-state index in [1.807, 2.05) is 166 Å². The van der Waals surface area contributed by atoms with E-state index in [-0.39, 0.29) is 0 Å². The van der Waals surface area contributed by atoms with Crippen LogP contribution < -0.4 is 14.7 Å². The van der Waals surface area contributed by atoms with Gasteiger partial charge in [-0.1, -0.05) is 109 Å². The normalized spacial score (nSPS) is 11.4. The van der Waals surface area contributed by atoms with Crippen molar-refractivity contribution in [3.05, 3.63) is 286 Å². The van der Waals surface area contributed by atoms with Crippen molar-refractivity contribution in [1.29, 1.82) is 21.0 Å². The van der Waals surface area contributed by atoms with Crippen LogP contribution in [0.15, 0.2) is 247 Å². The lowest BCUT2D eigenvalue weighted by Crippen LogP contribution is -2.10. The van der Waals surface area contributed by atoms with Crippen molar-refractivity contribution in [1.82, 2.24) is 0 Å². The number of hydrogen-bond acceptors (Lipinski definition) is 11. The Labute approximate surface area is 511 Å². The molecule has 0 saturated carbocycles. The Balaban J connectivity index is 1.02. The standard InChI is InChI=1S/C73H46N8O8/c1-78-69(73(88)89)44-52-12-30-64(31-13-52)79(60-22-4-48(5-23-60)3-2-40-74)65-32-14-53(15-33-65)55-18-36-67(37-19-55)81(63-28-10-51(11-29-63)43-59(47-77)72(86)87)68-38-20-56(21-39-68)54-16-34-66(35-17-54)80(61-24-6-49(7-25-61)41-57(45-75)70(82)83)62-26-8-50(9-27-62)42-58(46-76)71(84)85/h2-39,41-44H,(H,82,83)(H,84,85)(H,86,87)(H,88,89)/b3-2-,57-41-,58-42+,59-43-,69-44-. The van der Waals surface area contributed by atoms with Crippen LogP contribution in [0.4, 0.5) is 51.2 Å². The molecule has 0 heterocycles. The minimum absolute atomic E-state index is 0.405. The lowest BCUT2D eigenvalue weighted by molar-refractivity contribution is -0.133. The van der Waals surface area contributed by atoms with E-state index >= 15 is 0 Å². The summed E-state index contributed by atoms with van der Waals surface area (Å²) >= 11 is 0. The summed E-state index contributed by atoms with van der Waals surface area (Å²) in [5.74, 6) is -5.35. The van der Waals surface area contributed by atoms with Gasteiger partial charge in [0.15, 0.2) is 0 Å². The zero-order valence-electron chi connectivity index (χ0n) is 46.7. The van der Waals surface area contributed by atoms with Gasteiger partial charge in [-0.25, -0.2) is 19.2 Å². The predicted molar refractivity (Wildman–Crippen MR) is 342 cm³/mol. The van der Waals surface area contributed by atoms with Crippen LogP contribution in [0.3, 0.4) is 0 Å². The molecule has 9 aromatic carbocycles. The van der Waals surface area contributed by atoms with Crippen LogP contribution in [0.25, 0.3) is 57.5 Å². The van der Waals surface area contributed by atoms with Gasteiger partial charge in [-0.15, -0.1) is 0 Å². The molecule has 0 spiro atoms. The number of nitrogens with zero attached hydrogens (tertiary/aromatic N) is 8. The topological polar surface area (TPSA) is 258 Å². The molecule has 9 aromatic rings. The summed E-state index contributed by atoms with van der Waals surface area (Å²) in [6.45, 7) is 7.27. The van der Waals surface area contributed by atoms with Gasteiger partial charge < -0.3 is 35.1 Å². The van der Waals surface area contributed by atoms with Crippen molar-refractivity contribution in [3.8, 4) is 46.5 Å². The second kappa shape index (κ2) is 27.7. The monoisotopic (exact) mass is 1160 g/mol. The smallest absolute Gasteiger partial charge is 0.346 e. The molecule has 0 bridgehead atoms. The molecule has 0 aliphatic heterocycles. The van der Waals surface area contributed by atoms with Crippen LogP contribution in [-0.4, -0.2) is 44.3 Å². The molecule has 0 atom stereocenters. The van der Waals surface area contributed by atoms with Gasteiger partial charge in [-0.3, -0.25) is 4.79 Å². The molecule has 4 N–H and O–H groups in total. The van der Waals surface area contributed by atoms with Crippen molar-refractivity contribution >= 4 is 105 Å². The summed E-state index contributed by atoms with van der Waals surface area (Å²) < 4.78 is 0. The number of carbonyl (C=O) groups is 4. The molecule has 9 rings (SSSR count). The SMILES string of the molecule is [C-]#[N+]/C(=C\c1ccc(N(c2ccc(/C=C\C#N)cc2)c2ccc(-c3ccc(N(c4ccc(/C=C(/C#N)C(=O)O)cc4)c4ccc(-c5ccc(N(c6ccc(/C=C(/C#N)C(=O)O)cc6)c6ccc(/C=C(\C#N)C(=O)O)cc6)cc5)cc4)cc3)cc2)cc1)C(=O)O. The molecule has 0 radical (unpaired) electrons. The molecule has 0 amide bonds. The fourth-order valence-electron chi connectivity index (χ4n) is 9.53. The largest absolute Gasteiger partial charge is 0.486 e. The van der Waals surface area contributed by atoms with E-state index in [4.69, 9.17) is 11.8 Å². The Morgan fingerprint density at radius 2 is 0.539 bits per heavy atom. The number of carboxylic acid groups (broad SMARTS) is 4. The van der Waals surface area contributed by atoms with Crippen molar-refractivity contribution in [2.75, 3.05) is 14.7 Å². The number of hydrogen-bond donors (Lipinski definition) is 4. The number of allylic oxidation sites excluding steroid dienone is 1. The van der Waals surface area contributed by atoms with Gasteiger partial charge in [-0.2, -0.15) is 21.0 Å². The van der Waals surface area contributed by atoms with Gasteiger partial charge in [0.05, 0.1) is 12.6 Å². The Morgan fingerprint density at radius 3 is 0.730 bits per heavy atom. The number of rotatable bonds is 20. The fraction of sp³-hybridized carbons (Fsp3) is 0. The van der Waals surface area contributed by atoms with Gasteiger partial charge in [0.1, 0.15) is 34.9 Å². The zero-order chi connectivity index (χ0) is 63.0. The zero-order valence-corrected chi connectivity index (χ0v) is 46.7. The first-order chi connectivity index (χ1) is 43.2. The van der Waals surface area contributed by atoms with E-state index in [0.717, 1.165) is 67.6 Å². The first-order valence-electron chi connectivity index (χ1n) is 26.9. The van der Waals surface area contributed by atoms with Gasteiger partial charge >= 0.3 is 23.9 Å². The predicted octanol–water partition coefficient (Wildman–Crippen LogP) is 16.3. The Morgan fingerprint density at radius 1 is 0.326 bits per heavy atom. The molecular formula is C73H46N8O8. The molecule has 0 fully saturated rings. The maximum Gasteiger partial charge on any atom is 0.346 e. The number of benzene rings is 9. The van der Waals surface area contributed by atoms with E-state index in [1.165, 1.54) is 30.4 Å². The summed E-state index contributed by atoms with van der Waals surface area (Å²) in [7, 11) is 0. The minimum atomic E-state index is -1.35. The summed E-state index contributed by atoms with van der Waals surface area (Å²) in [6.07, 6.45) is 8.29. The highest BCUT2D eigenvalue weighted by atomic mass is 16.4. The number of aliphatic carboxylic acids is 4. The molecule has 89 heavy (non-hydrogen) atoms. The number of anilines is 9. The second-order valence-electron chi connectivity index (χ2n) is 19.5. The van der Waals surface area contributed by atoms with E-state index in [9.17, 15) is 55.4 Å². The summed E-state index contributed by atoms with van der Waals surface area (Å²) in [5.41, 5.74) is 11.7.